The number of carbonyl (C=O) groups is 2. The highest BCUT2D eigenvalue weighted by atomic mass is 16.5. The second-order valence-electron chi connectivity index (χ2n) is 9.15. The van der Waals surface area contributed by atoms with Crippen LogP contribution in [0.15, 0.2) is 48.5 Å². The molecule has 3 aliphatic rings. The summed E-state index contributed by atoms with van der Waals surface area (Å²) in [6.45, 7) is 7.18. The van der Waals surface area contributed by atoms with E-state index in [1.165, 1.54) is 16.8 Å². The highest BCUT2D eigenvalue weighted by molar-refractivity contribution is 5.87. The van der Waals surface area contributed by atoms with Gasteiger partial charge in [-0.1, -0.05) is 42.5 Å². The number of hydrogen-bond acceptors (Lipinski definition) is 4. The Balaban J connectivity index is 1.34. The smallest absolute Gasteiger partial charge is 0.254 e. The van der Waals surface area contributed by atoms with Crippen molar-refractivity contribution < 1.29 is 14.3 Å². The van der Waals surface area contributed by atoms with Gasteiger partial charge in [-0.2, -0.15) is 0 Å². The fourth-order valence-corrected chi connectivity index (χ4v) is 5.03. The molecule has 2 aliphatic heterocycles. The highest BCUT2D eigenvalue weighted by Gasteiger charge is 2.48. The second kappa shape index (κ2) is 8.58. The molecule has 0 bridgehead atoms. The van der Waals surface area contributed by atoms with E-state index in [2.05, 4.69) is 36.9 Å². The van der Waals surface area contributed by atoms with Crippen molar-refractivity contribution in [3.63, 3.8) is 0 Å². The summed E-state index contributed by atoms with van der Waals surface area (Å²) < 4.78 is 5.93. The number of amides is 2. The molecule has 6 heteroatoms. The molecule has 1 saturated carbocycles. The minimum absolute atomic E-state index is 0.00221. The molecule has 2 aromatic carbocycles. The van der Waals surface area contributed by atoms with Crippen LogP contribution in [0.25, 0.3) is 0 Å². The van der Waals surface area contributed by atoms with E-state index in [-0.39, 0.29) is 30.5 Å². The average Bonchev–Trinajstić information content (AvgIpc) is 3.66. The first-order valence-corrected chi connectivity index (χ1v) is 11.6. The largest absolute Gasteiger partial charge is 0.368 e. The number of aryl methyl sites for hydroxylation is 1. The molecule has 32 heavy (non-hydrogen) atoms. The van der Waals surface area contributed by atoms with Gasteiger partial charge < -0.3 is 19.4 Å². The van der Waals surface area contributed by atoms with Gasteiger partial charge in [0.1, 0.15) is 6.61 Å². The van der Waals surface area contributed by atoms with Crippen molar-refractivity contribution in [1.29, 1.82) is 0 Å². The molecule has 2 aromatic rings. The molecule has 2 saturated heterocycles. The van der Waals surface area contributed by atoms with Gasteiger partial charge in [0.15, 0.2) is 6.10 Å². The van der Waals surface area contributed by atoms with E-state index in [1.807, 2.05) is 40.1 Å². The van der Waals surface area contributed by atoms with Gasteiger partial charge in [0.2, 0.25) is 5.91 Å². The Hall–Kier alpha value is -2.86. The fourth-order valence-electron chi connectivity index (χ4n) is 5.03. The first-order valence-electron chi connectivity index (χ1n) is 11.6. The van der Waals surface area contributed by atoms with Gasteiger partial charge >= 0.3 is 0 Å². The van der Waals surface area contributed by atoms with Crippen LogP contribution in [0.1, 0.15) is 35.6 Å². The van der Waals surface area contributed by atoms with Crippen LogP contribution in [-0.2, 0) is 14.3 Å². The van der Waals surface area contributed by atoms with Crippen molar-refractivity contribution in [2.24, 2.45) is 0 Å². The van der Waals surface area contributed by atoms with Crippen LogP contribution in [0.5, 0.6) is 0 Å². The highest BCUT2D eigenvalue weighted by Crippen LogP contribution is 2.40. The standard InChI is InChI=1S/C26H31N3O3/c1-18-7-6-10-22(19(18)2)27-13-15-28(16-14-27)26(31)25-24(20-8-4-3-5-9-20)29(21-11-12-21)23(30)17-32-25/h3-10,21,24-25H,11-17H2,1-2H3/t24-,25+/m0/s1. The van der Waals surface area contributed by atoms with Crippen LogP contribution >= 0.6 is 0 Å². The van der Waals surface area contributed by atoms with Crippen LogP contribution in [-0.4, -0.2) is 66.5 Å². The summed E-state index contributed by atoms with van der Waals surface area (Å²) in [7, 11) is 0. The number of nitrogens with zero attached hydrogens (tertiary/aromatic N) is 3. The number of rotatable bonds is 4. The lowest BCUT2D eigenvalue weighted by Crippen LogP contribution is -2.58. The number of carbonyl (C=O) groups excluding carboxylic acids is 2. The van der Waals surface area contributed by atoms with Gasteiger partial charge in [0.05, 0.1) is 6.04 Å². The third kappa shape index (κ3) is 3.88. The molecule has 0 radical (unpaired) electrons. The molecule has 168 valence electrons. The SMILES string of the molecule is Cc1cccc(N2CCN(C(=O)[C@@H]3OCC(=O)N(C4CC4)[C@H]3c3ccccc3)CC2)c1C. The predicted octanol–water partition coefficient (Wildman–Crippen LogP) is 3.08. The van der Waals surface area contributed by atoms with Crippen molar-refractivity contribution >= 4 is 17.5 Å². The van der Waals surface area contributed by atoms with Gasteiger partial charge in [0.25, 0.3) is 5.91 Å². The van der Waals surface area contributed by atoms with Crippen LogP contribution in [0.3, 0.4) is 0 Å². The average molecular weight is 434 g/mol. The van der Waals surface area contributed by atoms with E-state index in [1.54, 1.807) is 0 Å². The number of benzene rings is 2. The van der Waals surface area contributed by atoms with E-state index in [0.29, 0.717) is 13.1 Å². The lowest BCUT2D eigenvalue weighted by Gasteiger charge is -2.44. The molecule has 2 heterocycles. The Morgan fingerprint density at radius 3 is 2.34 bits per heavy atom. The zero-order chi connectivity index (χ0) is 22.2. The maximum absolute atomic E-state index is 13.6. The summed E-state index contributed by atoms with van der Waals surface area (Å²) >= 11 is 0. The maximum atomic E-state index is 13.6. The Bertz CT molecular complexity index is 997. The van der Waals surface area contributed by atoms with E-state index in [9.17, 15) is 9.59 Å². The summed E-state index contributed by atoms with van der Waals surface area (Å²) in [6, 6.07) is 16.2. The monoisotopic (exact) mass is 433 g/mol. The number of piperazine rings is 1. The van der Waals surface area contributed by atoms with Crippen LogP contribution < -0.4 is 4.90 Å². The lowest BCUT2D eigenvalue weighted by atomic mass is 9.96. The van der Waals surface area contributed by atoms with Crippen molar-refractivity contribution in [2.45, 2.75) is 44.9 Å². The van der Waals surface area contributed by atoms with Crippen LogP contribution in [0, 0.1) is 13.8 Å². The summed E-state index contributed by atoms with van der Waals surface area (Å²) in [5, 5.41) is 0. The Labute approximate surface area is 189 Å². The minimum atomic E-state index is -0.650. The summed E-state index contributed by atoms with van der Waals surface area (Å²) in [5.41, 5.74) is 4.80. The summed E-state index contributed by atoms with van der Waals surface area (Å²) in [5.74, 6) is -0.0113. The summed E-state index contributed by atoms with van der Waals surface area (Å²) in [4.78, 5) is 32.6. The molecule has 6 nitrogen and oxygen atoms in total. The van der Waals surface area contributed by atoms with E-state index in [0.717, 1.165) is 31.5 Å². The summed E-state index contributed by atoms with van der Waals surface area (Å²) in [6.07, 6.45) is 1.36. The predicted molar refractivity (Wildman–Crippen MR) is 124 cm³/mol. The van der Waals surface area contributed by atoms with Crippen molar-refractivity contribution in [1.82, 2.24) is 9.80 Å². The van der Waals surface area contributed by atoms with Gasteiger partial charge in [0, 0.05) is 37.9 Å². The fraction of sp³-hybridized carbons (Fsp3) is 0.462. The number of anilines is 1. The molecule has 0 spiro atoms. The zero-order valence-electron chi connectivity index (χ0n) is 18.9. The first kappa shape index (κ1) is 21.0. The topological polar surface area (TPSA) is 53.1 Å². The van der Waals surface area contributed by atoms with E-state index in [4.69, 9.17) is 4.74 Å². The molecule has 3 fully saturated rings. The van der Waals surface area contributed by atoms with Crippen molar-refractivity contribution in [3.8, 4) is 0 Å². The molecule has 2 amide bonds. The normalized spacial score (nSPS) is 24.1. The number of morpholine rings is 1. The Kier molecular flexibility index (Phi) is 5.64. The third-order valence-electron chi connectivity index (χ3n) is 7.09. The molecule has 0 unspecified atom stereocenters. The molecule has 5 rings (SSSR count). The Morgan fingerprint density at radius 1 is 0.938 bits per heavy atom. The number of hydrogen-bond donors (Lipinski definition) is 0. The van der Waals surface area contributed by atoms with Crippen molar-refractivity contribution in [2.75, 3.05) is 37.7 Å². The number of ether oxygens (including phenoxy) is 1. The quantitative estimate of drug-likeness (QED) is 0.744. The van der Waals surface area contributed by atoms with Gasteiger partial charge in [-0.05, 0) is 49.4 Å². The molecule has 0 N–H and O–H groups in total. The zero-order valence-corrected chi connectivity index (χ0v) is 18.9. The van der Waals surface area contributed by atoms with E-state index < -0.39 is 6.10 Å². The lowest BCUT2D eigenvalue weighted by molar-refractivity contribution is -0.170. The van der Waals surface area contributed by atoms with Gasteiger partial charge in [-0.15, -0.1) is 0 Å². The maximum Gasteiger partial charge on any atom is 0.254 e. The molecule has 0 aromatic heterocycles. The molecular formula is C26H31N3O3. The van der Waals surface area contributed by atoms with Crippen molar-refractivity contribution in [3.05, 3.63) is 65.2 Å². The molecule has 1 aliphatic carbocycles. The minimum Gasteiger partial charge on any atom is -0.368 e. The van der Waals surface area contributed by atoms with Crippen LogP contribution in [0.2, 0.25) is 0 Å². The second-order valence-corrected chi connectivity index (χ2v) is 9.15. The van der Waals surface area contributed by atoms with Gasteiger partial charge in [-0.3, -0.25) is 9.59 Å². The van der Waals surface area contributed by atoms with Gasteiger partial charge in [-0.25, -0.2) is 0 Å². The van der Waals surface area contributed by atoms with E-state index >= 15 is 0 Å². The molecule has 2 atom stereocenters. The van der Waals surface area contributed by atoms with Crippen LogP contribution in [0.4, 0.5) is 5.69 Å². The Morgan fingerprint density at radius 2 is 1.66 bits per heavy atom. The molecular weight excluding hydrogens is 402 g/mol. The third-order valence-corrected chi connectivity index (χ3v) is 7.09. The first-order chi connectivity index (χ1) is 15.5.